The molecular weight excluding hydrogens is 297 g/mol. The summed E-state index contributed by atoms with van der Waals surface area (Å²) in [6.45, 7) is 2.12. The Kier molecular flexibility index (Phi) is 5.10. The number of rotatable bonds is 5. The highest BCUT2D eigenvalue weighted by molar-refractivity contribution is 5.41. The van der Waals surface area contributed by atoms with E-state index in [1.165, 1.54) is 13.2 Å². The summed E-state index contributed by atoms with van der Waals surface area (Å²) >= 11 is 0. The van der Waals surface area contributed by atoms with Crippen molar-refractivity contribution < 1.29 is 18.6 Å². The van der Waals surface area contributed by atoms with Crippen LogP contribution >= 0.6 is 0 Å². The molecule has 1 fully saturated rings. The second-order valence-corrected chi connectivity index (χ2v) is 5.33. The van der Waals surface area contributed by atoms with Crippen molar-refractivity contribution in [1.29, 1.82) is 0 Å². The summed E-state index contributed by atoms with van der Waals surface area (Å²) in [7, 11) is 1.43. The van der Waals surface area contributed by atoms with Crippen molar-refractivity contribution in [3.05, 3.63) is 59.9 Å². The maximum absolute atomic E-state index is 13.9. The summed E-state index contributed by atoms with van der Waals surface area (Å²) in [5, 5.41) is 3.30. The predicted molar refractivity (Wildman–Crippen MR) is 85.4 cm³/mol. The van der Waals surface area contributed by atoms with Crippen LogP contribution in [0.5, 0.6) is 11.5 Å². The van der Waals surface area contributed by atoms with Crippen LogP contribution in [0, 0.1) is 5.82 Å². The van der Waals surface area contributed by atoms with E-state index >= 15 is 0 Å². The van der Waals surface area contributed by atoms with Crippen LogP contribution in [0.15, 0.2) is 48.5 Å². The second-order valence-electron chi connectivity index (χ2n) is 5.33. The van der Waals surface area contributed by atoms with Crippen LogP contribution in [-0.2, 0) is 4.74 Å². The molecule has 23 heavy (non-hydrogen) atoms. The van der Waals surface area contributed by atoms with Crippen molar-refractivity contribution in [2.24, 2.45) is 0 Å². The molecule has 1 heterocycles. The maximum atomic E-state index is 13.9. The Morgan fingerprint density at radius 1 is 1.17 bits per heavy atom. The number of para-hydroxylation sites is 1. The van der Waals surface area contributed by atoms with Crippen molar-refractivity contribution in [2.75, 3.05) is 26.8 Å². The Morgan fingerprint density at radius 2 is 2.00 bits per heavy atom. The zero-order valence-corrected chi connectivity index (χ0v) is 13.0. The predicted octanol–water partition coefficient (Wildman–Crippen LogP) is 2.94. The molecule has 0 amide bonds. The molecule has 4 nitrogen and oxygen atoms in total. The molecule has 0 saturated carbocycles. The maximum Gasteiger partial charge on any atom is 0.196 e. The Labute approximate surface area is 135 Å². The van der Waals surface area contributed by atoms with E-state index in [4.69, 9.17) is 14.2 Å². The summed E-state index contributed by atoms with van der Waals surface area (Å²) in [4.78, 5) is 0. The summed E-state index contributed by atoms with van der Waals surface area (Å²) in [6.07, 6.45) is -0.501. The molecule has 1 saturated heterocycles. The highest BCUT2D eigenvalue weighted by Gasteiger charge is 2.29. The summed E-state index contributed by atoms with van der Waals surface area (Å²) in [5.41, 5.74) is 0.979. The summed E-state index contributed by atoms with van der Waals surface area (Å²) in [5.74, 6) is 0.0345. The van der Waals surface area contributed by atoms with Gasteiger partial charge in [0.1, 0.15) is 6.10 Å². The van der Waals surface area contributed by atoms with E-state index in [1.807, 2.05) is 30.3 Å². The van der Waals surface area contributed by atoms with Gasteiger partial charge in [-0.3, -0.25) is 0 Å². The molecule has 1 aliphatic heterocycles. The molecule has 0 aliphatic carbocycles. The topological polar surface area (TPSA) is 39.7 Å². The van der Waals surface area contributed by atoms with E-state index in [2.05, 4.69) is 5.32 Å². The van der Waals surface area contributed by atoms with Gasteiger partial charge >= 0.3 is 0 Å². The van der Waals surface area contributed by atoms with E-state index < -0.39 is 5.82 Å². The van der Waals surface area contributed by atoms with Crippen LogP contribution < -0.4 is 14.8 Å². The van der Waals surface area contributed by atoms with Crippen molar-refractivity contribution in [3.8, 4) is 11.5 Å². The second kappa shape index (κ2) is 7.44. The fourth-order valence-electron chi connectivity index (χ4n) is 2.70. The van der Waals surface area contributed by atoms with Gasteiger partial charge in [0.15, 0.2) is 23.4 Å². The molecule has 2 atom stereocenters. The lowest BCUT2D eigenvalue weighted by Gasteiger charge is -2.32. The first-order valence-electron chi connectivity index (χ1n) is 7.66. The van der Waals surface area contributed by atoms with Gasteiger partial charge in [0.25, 0.3) is 0 Å². The largest absolute Gasteiger partial charge is 0.490 e. The van der Waals surface area contributed by atoms with Gasteiger partial charge in [-0.15, -0.1) is 0 Å². The molecule has 0 aromatic heterocycles. The fourth-order valence-corrected chi connectivity index (χ4v) is 2.70. The van der Waals surface area contributed by atoms with Crippen LogP contribution in [0.1, 0.15) is 11.7 Å². The molecule has 1 aliphatic rings. The van der Waals surface area contributed by atoms with Gasteiger partial charge in [-0.05, 0) is 17.7 Å². The van der Waals surface area contributed by atoms with Crippen LogP contribution in [0.2, 0.25) is 0 Å². The third-order valence-electron chi connectivity index (χ3n) is 3.81. The number of nitrogens with one attached hydrogen (secondary N) is 1. The SMILES string of the molecule is COc1c(F)cccc1OC(c1ccccc1)C1CNCCO1. The normalized spacial score (nSPS) is 19.1. The number of benzene rings is 2. The Balaban J connectivity index is 1.91. The first-order chi connectivity index (χ1) is 11.3. The zero-order chi connectivity index (χ0) is 16.1. The van der Waals surface area contributed by atoms with Gasteiger partial charge in [0.05, 0.1) is 13.7 Å². The van der Waals surface area contributed by atoms with Crippen molar-refractivity contribution >= 4 is 0 Å². The van der Waals surface area contributed by atoms with Gasteiger partial charge in [0.2, 0.25) is 0 Å². The van der Waals surface area contributed by atoms with Crippen molar-refractivity contribution in [3.63, 3.8) is 0 Å². The number of hydrogen-bond donors (Lipinski definition) is 1. The third kappa shape index (κ3) is 3.63. The van der Waals surface area contributed by atoms with Crippen LogP contribution in [0.25, 0.3) is 0 Å². The minimum atomic E-state index is -0.445. The molecule has 1 N–H and O–H groups in total. The zero-order valence-electron chi connectivity index (χ0n) is 13.0. The molecule has 2 aromatic rings. The van der Waals surface area contributed by atoms with Gasteiger partial charge in [-0.2, -0.15) is 0 Å². The number of morpholine rings is 1. The monoisotopic (exact) mass is 317 g/mol. The molecule has 0 radical (unpaired) electrons. The molecule has 122 valence electrons. The Morgan fingerprint density at radius 3 is 2.70 bits per heavy atom. The van der Waals surface area contributed by atoms with Crippen LogP contribution in [0.3, 0.4) is 0 Å². The molecule has 5 heteroatoms. The lowest BCUT2D eigenvalue weighted by atomic mass is 10.0. The molecule has 3 rings (SSSR count). The van der Waals surface area contributed by atoms with E-state index in [0.29, 0.717) is 18.9 Å². The highest BCUT2D eigenvalue weighted by Crippen LogP contribution is 2.35. The van der Waals surface area contributed by atoms with Crippen LogP contribution in [-0.4, -0.2) is 32.9 Å². The number of hydrogen-bond acceptors (Lipinski definition) is 4. The highest BCUT2D eigenvalue weighted by atomic mass is 19.1. The minimum absolute atomic E-state index is 0.109. The quantitative estimate of drug-likeness (QED) is 0.920. The Hall–Kier alpha value is -2.11. The van der Waals surface area contributed by atoms with Gasteiger partial charge < -0.3 is 19.5 Å². The average molecular weight is 317 g/mol. The number of methoxy groups -OCH3 is 1. The van der Waals surface area contributed by atoms with Gasteiger partial charge in [-0.25, -0.2) is 4.39 Å². The molecular formula is C18H20FNO3. The smallest absolute Gasteiger partial charge is 0.196 e. The first-order valence-corrected chi connectivity index (χ1v) is 7.66. The Bertz CT molecular complexity index is 629. The van der Waals surface area contributed by atoms with Crippen molar-refractivity contribution in [2.45, 2.75) is 12.2 Å². The third-order valence-corrected chi connectivity index (χ3v) is 3.81. The van der Waals surface area contributed by atoms with Crippen molar-refractivity contribution in [1.82, 2.24) is 5.32 Å². The number of ether oxygens (including phenoxy) is 3. The van der Waals surface area contributed by atoms with Gasteiger partial charge in [-0.1, -0.05) is 36.4 Å². The molecule has 2 unspecified atom stereocenters. The summed E-state index contributed by atoms with van der Waals surface area (Å²) < 4.78 is 31.0. The average Bonchev–Trinajstić information content (AvgIpc) is 2.61. The van der Waals surface area contributed by atoms with Crippen LogP contribution in [0.4, 0.5) is 4.39 Å². The first kappa shape index (κ1) is 15.8. The standard InChI is InChI=1S/C18H20FNO3/c1-21-18-14(19)8-5-9-15(18)23-17(13-6-3-2-4-7-13)16-12-20-10-11-22-16/h2-9,16-17,20H,10-12H2,1H3. The van der Waals surface area contributed by atoms with E-state index in [1.54, 1.807) is 12.1 Å². The fraction of sp³-hybridized carbons (Fsp3) is 0.333. The van der Waals surface area contributed by atoms with E-state index in [-0.39, 0.29) is 18.0 Å². The minimum Gasteiger partial charge on any atom is -0.490 e. The lowest BCUT2D eigenvalue weighted by Crippen LogP contribution is -2.43. The molecule has 2 aromatic carbocycles. The molecule has 0 spiro atoms. The van der Waals surface area contributed by atoms with E-state index in [0.717, 1.165) is 12.1 Å². The van der Waals surface area contributed by atoms with Gasteiger partial charge in [0, 0.05) is 13.1 Å². The van der Waals surface area contributed by atoms with E-state index in [9.17, 15) is 4.39 Å². The summed E-state index contributed by atoms with van der Waals surface area (Å²) in [6, 6.07) is 14.5. The molecule has 0 bridgehead atoms. The number of halogens is 1. The lowest BCUT2D eigenvalue weighted by molar-refractivity contribution is -0.0439.